The zero-order valence-electron chi connectivity index (χ0n) is 10.8. The van der Waals surface area contributed by atoms with E-state index in [1.165, 1.54) is 31.4 Å². The van der Waals surface area contributed by atoms with Crippen LogP contribution in [0.15, 0.2) is 12.3 Å². The average Bonchev–Trinajstić information content (AvgIpc) is 2.72. The van der Waals surface area contributed by atoms with Crippen LogP contribution in [0.1, 0.15) is 31.4 Å². The molecule has 1 heterocycles. The molecule has 1 aliphatic carbocycles. The third-order valence-electron chi connectivity index (χ3n) is 3.86. The number of aryl methyl sites for hydroxylation is 1. The molecular weight excluding hydrogens is 234 g/mol. The largest absolute Gasteiger partial charge is 0.302 e. The van der Waals surface area contributed by atoms with Crippen LogP contribution < -0.4 is 0 Å². The lowest BCUT2D eigenvalue weighted by molar-refractivity contribution is 0.197. The summed E-state index contributed by atoms with van der Waals surface area (Å²) in [5.41, 5.74) is 1.29. The van der Waals surface area contributed by atoms with Gasteiger partial charge in [-0.3, -0.25) is 4.68 Å². The zero-order chi connectivity index (χ0) is 12.3. The first-order valence-electron chi connectivity index (χ1n) is 6.49. The number of halogens is 1. The zero-order valence-corrected chi connectivity index (χ0v) is 11.5. The van der Waals surface area contributed by atoms with Crippen LogP contribution in [0, 0.1) is 0 Å². The fourth-order valence-electron chi connectivity index (χ4n) is 2.67. The van der Waals surface area contributed by atoms with E-state index < -0.39 is 0 Å². The van der Waals surface area contributed by atoms with Gasteiger partial charge in [0.1, 0.15) is 0 Å². The van der Waals surface area contributed by atoms with E-state index in [4.69, 9.17) is 11.6 Å². The minimum absolute atomic E-state index is 0.334. The van der Waals surface area contributed by atoms with Crippen molar-refractivity contribution < 1.29 is 0 Å². The molecule has 1 aliphatic rings. The molecule has 4 heteroatoms. The fraction of sp³-hybridized carbons (Fsp3) is 0.769. The number of hydrogen-bond donors (Lipinski definition) is 0. The van der Waals surface area contributed by atoms with Crippen LogP contribution in [0.2, 0.25) is 0 Å². The Morgan fingerprint density at radius 3 is 2.88 bits per heavy atom. The molecule has 1 aromatic rings. The Balaban J connectivity index is 1.84. The van der Waals surface area contributed by atoms with Crippen molar-refractivity contribution in [1.29, 1.82) is 0 Å². The maximum Gasteiger partial charge on any atom is 0.0492 e. The van der Waals surface area contributed by atoms with Crippen molar-refractivity contribution >= 4 is 11.6 Å². The molecule has 0 aliphatic heterocycles. The van der Waals surface area contributed by atoms with Gasteiger partial charge in [-0.2, -0.15) is 5.10 Å². The van der Waals surface area contributed by atoms with E-state index >= 15 is 0 Å². The summed E-state index contributed by atoms with van der Waals surface area (Å²) >= 11 is 6.41. The molecule has 96 valence electrons. The summed E-state index contributed by atoms with van der Waals surface area (Å²) in [6.45, 7) is 1.06. The lowest BCUT2D eigenvalue weighted by Crippen LogP contribution is -2.41. The van der Waals surface area contributed by atoms with Crippen molar-refractivity contribution in [3.05, 3.63) is 18.0 Å². The highest BCUT2D eigenvalue weighted by Crippen LogP contribution is 2.26. The van der Waals surface area contributed by atoms with Crippen molar-refractivity contribution in [3.8, 4) is 0 Å². The Labute approximate surface area is 109 Å². The van der Waals surface area contributed by atoms with Gasteiger partial charge in [0, 0.05) is 43.3 Å². The van der Waals surface area contributed by atoms with Crippen LogP contribution >= 0.6 is 11.6 Å². The number of likely N-dealkylation sites (N-methyl/N-ethyl adjacent to an activating group) is 1. The molecular formula is C13H22ClN3. The summed E-state index contributed by atoms with van der Waals surface area (Å²) < 4.78 is 1.95. The van der Waals surface area contributed by atoms with Crippen molar-refractivity contribution in [2.75, 3.05) is 13.6 Å². The Kier molecular flexibility index (Phi) is 4.46. The minimum atomic E-state index is 0.334. The molecule has 2 atom stereocenters. The molecule has 17 heavy (non-hydrogen) atoms. The van der Waals surface area contributed by atoms with Gasteiger partial charge in [-0.15, -0.1) is 11.6 Å². The normalized spacial score (nSPS) is 25.4. The molecule has 0 radical (unpaired) electrons. The third kappa shape index (κ3) is 3.23. The van der Waals surface area contributed by atoms with Gasteiger partial charge in [0.2, 0.25) is 0 Å². The average molecular weight is 256 g/mol. The number of alkyl halides is 1. The van der Waals surface area contributed by atoms with Gasteiger partial charge < -0.3 is 4.90 Å². The highest BCUT2D eigenvalue weighted by Gasteiger charge is 2.26. The summed E-state index contributed by atoms with van der Waals surface area (Å²) in [5.74, 6) is 0. The highest BCUT2D eigenvalue weighted by atomic mass is 35.5. The molecule has 2 rings (SSSR count). The lowest BCUT2D eigenvalue weighted by atomic mass is 9.94. The first kappa shape index (κ1) is 12.9. The van der Waals surface area contributed by atoms with Crippen LogP contribution in [-0.4, -0.2) is 39.7 Å². The van der Waals surface area contributed by atoms with Crippen LogP contribution in [-0.2, 0) is 13.5 Å². The molecule has 0 saturated heterocycles. The smallest absolute Gasteiger partial charge is 0.0492 e. The number of hydrogen-bond acceptors (Lipinski definition) is 2. The maximum atomic E-state index is 6.41. The van der Waals surface area contributed by atoms with E-state index in [2.05, 4.69) is 23.1 Å². The summed E-state index contributed by atoms with van der Waals surface area (Å²) in [6, 6.07) is 2.64. The number of nitrogens with zero attached hydrogens (tertiary/aromatic N) is 3. The topological polar surface area (TPSA) is 21.1 Å². The Morgan fingerprint density at radius 2 is 2.24 bits per heavy atom. The van der Waals surface area contributed by atoms with Gasteiger partial charge >= 0.3 is 0 Å². The standard InChI is InChI=1S/C13H22ClN3/c1-16(13-6-4-3-5-12(13)14)10-8-11-7-9-15-17(11)2/h7,9,12-13H,3-6,8,10H2,1-2H3. The quantitative estimate of drug-likeness (QED) is 0.771. The lowest BCUT2D eigenvalue weighted by Gasteiger charge is -2.34. The molecule has 0 spiro atoms. The van der Waals surface area contributed by atoms with Crippen molar-refractivity contribution in [2.24, 2.45) is 7.05 Å². The number of aromatic nitrogens is 2. The summed E-state index contributed by atoms with van der Waals surface area (Å²) in [7, 11) is 4.20. The van der Waals surface area contributed by atoms with Gasteiger partial charge in [-0.1, -0.05) is 12.8 Å². The summed E-state index contributed by atoms with van der Waals surface area (Å²) in [6.07, 6.45) is 7.94. The van der Waals surface area contributed by atoms with Crippen LogP contribution in [0.3, 0.4) is 0 Å². The Hall–Kier alpha value is -0.540. The molecule has 0 amide bonds. The van der Waals surface area contributed by atoms with E-state index in [0.717, 1.165) is 13.0 Å². The Bertz CT molecular complexity index is 350. The van der Waals surface area contributed by atoms with Gasteiger partial charge in [0.15, 0.2) is 0 Å². The second-order valence-electron chi connectivity index (χ2n) is 5.04. The monoisotopic (exact) mass is 255 g/mol. The van der Waals surface area contributed by atoms with E-state index in [1.54, 1.807) is 0 Å². The minimum Gasteiger partial charge on any atom is -0.302 e. The van der Waals surface area contributed by atoms with E-state index in [9.17, 15) is 0 Å². The molecule has 0 N–H and O–H groups in total. The second kappa shape index (κ2) is 5.87. The summed E-state index contributed by atoms with van der Waals surface area (Å²) in [5, 5.41) is 4.53. The second-order valence-corrected chi connectivity index (χ2v) is 5.61. The highest BCUT2D eigenvalue weighted by molar-refractivity contribution is 6.21. The first-order valence-corrected chi connectivity index (χ1v) is 6.93. The maximum absolute atomic E-state index is 6.41. The van der Waals surface area contributed by atoms with Crippen molar-refractivity contribution in [2.45, 2.75) is 43.5 Å². The first-order chi connectivity index (χ1) is 8.18. The van der Waals surface area contributed by atoms with E-state index in [1.807, 2.05) is 17.9 Å². The molecule has 0 aromatic carbocycles. The van der Waals surface area contributed by atoms with Gasteiger partial charge in [-0.05, 0) is 26.0 Å². The van der Waals surface area contributed by atoms with Crippen LogP contribution in [0.5, 0.6) is 0 Å². The fourth-order valence-corrected chi connectivity index (χ4v) is 3.14. The Morgan fingerprint density at radius 1 is 1.47 bits per heavy atom. The molecule has 2 unspecified atom stereocenters. The van der Waals surface area contributed by atoms with Crippen LogP contribution in [0.4, 0.5) is 0 Å². The van der Waals surface area contributed by atoms with Crippen LogP contribution in [0.25, 0.3) is 0 Å². The molecule has 1 saturated carbocycles. The van der Waals surface area contributed by atoms with E-state index in [-0.39, 0.29) is 0 Å². The predicted octanol–water partition coefficient (Wildman–Crippen LogP) is 2.44. The van der Waals surface area contributed by atoms with Crippen molar-refractivity contribution in [3.63, 3.8) is 0 Å². The SMILES string of the molecule is CN(CCc1ccnn1C)C1CCCCC1Cl. The van der Waals surface area contributed by atoms with Gasteiger partial charge in [0.25, 0.3) is 0 Å². The molecule has 1 aromatic heterocycles. The number of rotatable bonds is 4. The third-order valence-corrected chi connectivity index (χ3v) is 4.37. The van der Waals surface area contributed by atoms with Crippen molar-refractivity contribution in [1.82, 2.24) is 14.7 Å². The summed E-state index contributed by atoms with van der Waals surface area (Å²) in [4.78, 5) is 2.42. The van der Waals surface area contributed by atoms with Gasteiger partial charge in [-0.25, -0.2) is 0 Å². The van der Waals surface area contributed by atoms with Gasteiger partial charge in [0.05, 0.1) is 0 Å². The molecule has 3 nitrogen and oxygen atoms in total. The molecule has 0 bridgehead atoms. The van der Waals surface area contributed by atoms with E-state index in [0.29, 0.717) is 11.4 Å². The predicted molar refractivity (Wildman–Crippen MR) is 71.4 cm³/mol. The molecule has 1 fully saturated rings.